The van der Waals surface area contributed by atoms with E-state index in [1.54, 1.807) is 0 Å². The molecule has 2 heterocycles. The molecule has 1 aromatic heterocycles. The third kappa shape index (κ3) is 4.73. The highest BCUT2D eigenvalue weighted by molar-refractivity contribution is 5.38. The molecule has 1 aromatic rings. The number of rotatable bonds is 6. The highest BCUT2D eigenvalue weighted by Gasteiger charge is 2.35. The average Bonchev–Trinajstić information content (AvgIpc) is 2.95. The molecule has 0 aliphatic carbocycles. The maximum atomic E-state index is 12.8. The Morgan fingerprint density at radius 2 is 2.24 bits per heavy atom. The number of nitrogens with zero attached hydrogens (tertiary/aromatic N) is 2. The van der Waals surface area contributed by atoms with Gasteiger partial charge in [0.1, 0.15) is 5.82 Å². The number of hydrogen-bond acceptors (Lipinski definition) is 5. The highest BCUT2D eigenvalue weighted by atomic mass is 19.4. The highest BCUT2D eigenvalue weighted by Crippen LogP contribution is 2.29. The van der Waals surface area contributed by atoms with Crippen molar-refractivity contribution in [1.82, 2.24) is 9.97 Å². The molecule has 0 radical (unpaired) electrons. The van der Waals surface area contributed by atoms with E-state index in [4.69, 9.17) is 9.47 Å². The molecule has 8 heteroatoms. The molecule has 1 aliphatic rings. The van der Waals surface area contributed by atoms with E-state index in [1.807, 2.05) is 6.92 Å². The van der Waals surface area contributed by atoms with Crippen LogP contribution < -0.4 is 10.1 Å². The molecule has 1 aliphatic heterocycles. The van der Waals surface area contributed by atoms with E-state index in [-0.39, 0.29) is 17.6 Å². The number of aromatic nitrogens is 2. The summed E-state index contributed by atoms with van der Waals surface area (Å²) >= 11 is 0. The molecule has 1 unspecified atom stereocenters. The van der Waals surface area contributed by atoms with Crippen LogP contribution in [0, 0.1) is 5.92 Å². The fourth-order valence-corrected chi connectivity index (χ4v) is 1.89. The Balaban J connectivity index is 2.09. The minimum Gasteiger partial charge on any atom is -0.477 e. The van der Waals surface area contributed by atoms with Gasteiger partial charge in [-0.2, -0.15) is 18.2 Å². The lowest BCUT2D eigenvalue weighted by atomic mass is 10.1. The third-order valence-corrected chi connectivity index (χ3v) is 3.00. The zero-order chi connectivity index (χ0) is 15.3. The largest absolute Gasteiger partial charge is 0.477 e. The first-order valence-corrected chi connectivity index (χ1v) is 6.89. The standard InChI is InChI=1S/C13H18F3N3O2/c1-2-4-17-10-6-11(19-12(18-10)13(14,15)16)21-8-9-3-5-20-7-9/h6,9H,2-5,7-8H2,1H3,(H,17,18,19). The van der Waals surface area contributed by atoms with Crippen LogP contribution >= 0.6 is 0 Å². The van der Waals surface area contributed by atoms with E-state index in [2.05, 4.69) is 15.3 Å². The molecule has 2 rings (SSSR count). The molecule has 1 saturated heterocycles. The second-order valence-electron chi connectivity index (χ2n) is 4.88. The van der Waals surface area contributed by atoms with Gasteiger partial charge in [0.15, 0.2) is 0 Å². The molecule has 118 valence electrons. The van der Waals surface area contributed by atoms with Crippen LogP contribution in [0.3, 0.4) is 0 Å². The van der Waals surface area contributed by atoms with Gasteiger partial charge in [0, 0.05) is 25.1 Å². The van der Waals surface area contributed by atoms with Gasteiger partial charge in [-0.05, 0) is 12.8 Å². The van der Waals surface area contributed by atoms with Gasteiger partial charge in [-0.15, -0.1) is 0 Å². The first kappa shape index (κ1) is 15.8. The Kier molecular flexibility index (Phi) is 5.22. The summed E-state index contributed by atoms with van der Waals surface area (Å²) in [6, 6.07) is 1.39. The lowest BCUT2D eigenvalue weighted by Crippen LogP contribution is -2.17. The summed E-state index contributed by atoms with van der Waals surface area (Å²) in [6.45, 7) is 3.97. The number of halogens is 3. The van der Waals surface area contributed by atoms with E-state index in [1.165, 1.54) is 6.07 Å². The van der Waals surface area contributed by atoms with Crippen molar-refractivity contribution in [1.29, 1.82) is 0 Å². The molecular weight excluding hydrogens is 287 g/mol. The fraction of sp³-hybridized carbons (Fsp3) is 0.692. The Labute approximate surface area is 120 Å². The fourth-order valence-electron chi connectivity index (χ4n) is 1.89. The monoisotopic (exact) mass is 305 g/mol. The average molecular weight is 305 g/mol. The Bertz CT molecular complexity index is 462. The van der Waals surface area contributed by atoms with Gasteiger partial charge in [-0.3, -0.25) is 0 Å². The molecule has 5 nitrogen and oxygen atoms in total. The minimum atomic E-state index is -4.60. The number of alkyl halides is 3. The van der Waals surface area contributed by atoms with Crippen LogP contribution in [0.1, 0.15) is 25.6 Å². The van der Waals surface area contributed by atoms with E-state index in [0.29, 0.717) is 26.4 Å². The first-order valence-electron chi connectivity index (χ1n) is 6.89. The number of anilines is 1. The molecule has 0 spiro atoms. The van der Waals surface area contributed by atoms with E-state index >= 15 is 0 Å². The lowest BCUT2D eigenvalue weighted by molar-refractivity contribution is -0.145. The second kappa shape index (κ2) is 6.93. The van der Waals surface area contributed by atoms with E-state index in [0.717, 1.165) is 12.8 Å². The molecule has 0 aromatic carbocycles. The van der Waals surface area contributed by atoms with Gasteiger partial charge in [-0.25, -0.2) is 4.98 Å². The molecule has 0 bridgehead atoms. The van der Waals surface area contributed by atoms with Crippen molar-refractivity contribution < 1.29 is 22.6 Å². The maximum Gasteiger partial charge on any atom is 0.451 e. The van der Waals surface area contributed by atoms with Crippen molar-refractivity contribution in [3.63, 3.8) is 0 Å². The lowest BCUT2D eigenvalue weighted by Gasteiger charge is -2.13. The molecule has 21 heavy (non-hydrogen) atoms. The molecule has 0 amide bonds. The van der Waals surface area contributed by atoms with Crippen molar-refractivity contribution in [2.45, 2.75) is 25.9 Å². The maximum absolute atomic E-state index is 12.8. The topological polar surface area (TPSA) is 56.3 Å². The number of ether oxygens (including phenoxy) is 2. The molecule has 0 saturated carbocycles. The van der Waals surface area contributed by atoms with Crippen LogP contribution in [0.5, 0.6) is 5.88 Å². The molecule has 1 atom stereocenters. The van der Waals surface area contributed by atoms with Gasteiger partial charge >= 0.3 is 6.18 Å². The van der Waals surface area contributed by atoms with Crippen LogP contribution in [0.4, 0.5) is 19.0 Å². The predicted octanol–water partition coefficient (Wildman–Crippen LogP) is 2.73. The summed E-state index contributed by atoms with van der Waals surface area (Å²) in [5, 5.41) is 2.82. The summed E-state index contributed by atoms with van der Waals surface area (Å²) in [7, 11) is 0. The van der Waals surface area contributed by atoms with Crippen LogP contribution in [0.2, 0.25) is 0 Å². The van der Waals surface area contributed by atoms with Gasteiger partial charge in [-0.1, -0.05) is 6.92 Å². The van der Waals surface area contributed by atoms with Crippen LogP contribution in [0.15, 0.2) is 6.07 Å². The summed E-state index contributed by atoms with van der Waals surface area (Å²) in [6.07, 6.45) is -2.97. The van der Waals surface area contributed by atoms with Crippen LogP contribution in [-0.4, -0.2) is 36.3 Å². The minimum absolute atomic E-state index is 0.0668. The smallest absolute Gasteiger partial charge is 0.451 e. The quantitative estimate of drug-likeness (QED) is 0.876. The molecule has 1 N–H and O–H groups in total. The van der Waals surface area contributed by atoms with Crippen molar-refractivity contribution in [3.05, 3.63) is 11.9 Å². The van der Waals surface area contributed by atoms with Gasteiger partial charge < -0.3 is 14.8 Å². The Hall–Kier alpha value is -1.57. The third-order valence-electron chi connectivity index (χ3n) is 3.00. The zero-order valence-corrected chi connectivity index (χ0v) is 11.7. The normalized spacial score (nSPS) is 18.8. The Morgan fingerprint density at radius 1 is 1.43 bits per heavy atom. The number of hydrogen-bond donors (Lipinski definition) is 1. The van der Waals surface area contributed by atoms with E-state index in [9.17, 15) is 13.2 Å². The van der Waals surface area contributed by atoms with Crippen LogP contribution in [0.25, 0.3) is 0 Å². The van der Waals surface area contributed by atoms with Gasteiger partial charge in [0.25, 0.3) is 0 Å². The van der Waals surface area contributed by atoms with Crippen molar-refractivity contribution in [2.75, 3.05) is 31.7 Å². The molecule has 1 fully saturated rings. The number of nitrogens with one attached hydrogen (secondary N) is 1. The van der Waals surface area contributed by atoms with Crippen molar-refractivity contribution in [3.8, 4) is 5.88 Å². The first-order chi connectivity index (χ1) is 9.99. The van der Waals surface area contributed by atoms with E-state index < -0.39 is 12.0 Å². The molecular formula is C13H18F3N3O2. The summed E-state index contributed by atoms with van der Waals surface area (Å²) in [5.41, 5.74) is 0. The Morgan fingerprint density at radius 3 is 2.86 bits per heavy atom. The predicted molar refractivity (Wildman–Crippen MR) is 70.2 cm³/mol. The van der Waals surface area contributed by atoms with Crippen LogP contribution in [-0.2, 0) is 10.9 Å². The summed E-state index contributed by atoms with van der Waals surface area (Å²) in [5.74, 6) is -0.942. The van der Waals surface area contributed by atoms with Crippen molar-refractivity contribution >= 4 is 5.82 Å². The van der Waals surface area contributed by atoms with Gasteiger partial charge in [0.2, 0.25) is 11.7 Å². The zero-order valence-electron chi connectivity index (χ0n) is 11.7. The van der Waals surface area contributed by atoms with Gasteiger partial charge in [0.05, 0.1) is 13.2 Å². The summed E-state index contributed by atoms with van der Waals surface area (Å²) in [4.78, 5) is 6.90. The van der Waals surface area contributed by atoms with Crippen molar-refractivity contribution in [2.24, 2.45) is 5.92 Å². The summed E-state index contributed by atoms with van der Waals surface area (Å²) < 4.78 is 48.9. The SMILES string of the molecule is CCCNc1cc(OCC2CCOC2)nc(C(F)(F)F)n1. The second-order valence-corrected chi connectivity index (χ2v) is 4.88.